The zero-order chi connectivity index (χ0) is 14.8. The second kappa shape index (κ2) is 6.24. The Hall–Kier alpha value is -1.26. The first-order valence-corrected chi connectivity index (χ1v) is 8.05. The second-order valence-electron chi connectivity index (χ2n) is 5.93. The van der Waals surface area contributed by atoms with Crippen molar-refractivity contribution in [2.75, 3.05) is 26.2 Å². The number of halogens is 1. The van der Waals surface area contributed by atoms with Crippen molar-refractivity contribution in [2.24, 2.45) is 0 Å². The van der Waals surface area contributed by atoms with Gasteiger partial charge in [0.2, 0.25) is 0 Å². The van der Waals surface area contributed by atoms with Crippen LogP contribution in [0.3, 0.4) is 0 Å². The fourth-order valence-corrected chi connectivity index (χ4v) is 3.61. The fraction of sp³-hybridized carbons (Fsp3) is 0.562. The molecule has 0 atom stereocenters. The van der Waals surface area contributed by atoms with E-state index in [1.807, 2.05) is 4.90 Å². The molecule has 1 aromatic rings. The molecule has 1 aliphatic heterocycles. The Labute approximate surface area is 130 Å². The molecule has 3 rings (SSSR count). The van der Waals surface area contributed by atoms with Crippen molar-refractivity contribution in [3.63, 3.8) is 0 Å². The van der Waals surface area contributed by atoms with Gasteiger partial charge in [0.05, 0.1) is 10.6 Å². The molecule has 4 nitrogen and oxygen atoms in total. The minimum absolute atomic E-state index is 0.0762. The number of rotatable bonds is 2. The first-order valence-electron chi connectivity index (χ1n) is 7.67. The number of hydrogen-bond donors (Lipinski definition) is 1. The highest BCUT2D eigenvalue weighted by molar-refractivity contribution is 6.33. The fourth-order valence-electron chi connectivity index (χ4n) is 3.41. The Morgan fingerprint density at radius 1 is 1.14 bits per heavy atom. The van der Waals surface area contributed by atoms with E-state index in [1.54, 1.807) is 6.07 Å². The van der Waals surface area contributed by atoms with E-state index in [-0.39, 0.29) is 11.7 Å². The number of amides is 1. The van der Waals surface area contributed by atoms with Gasteiger partial charge in [-0.1, -0.05) is 24.4 Å². The number of piperazine rings is 1. The molecule has 1 aliphatic carbocycles. The highest BCUT2D eigenvalue weighted by Crippen LogP contribution is 2.26. The lowest BCUT2D eigenvalue weighted by Crippen LogP contribution is -2.51. The second-order valence-corrected chi connectivity index (χ2v) is 6.34. The van der Waals surface area contributed by atoms with Gasteiger partial charge in [0, 0.05) is 32.2 Å². The molecule has 0 aromatic heterocycles. The summed E-state index contributed by atoms with van der Waals surface area (Å²) in [5, 5.41) is 9.93. The van der Waals surface area contributed by atoms with Crippen molar-refractivity contribution >= 4 is 17.5 Å². The molecule has 1 N–H and O–H groups in total. The molecular formula is C16H21ClN2O2. The molecule has 1 aromatic carbocycles. The summed E-state index contributed by atoms with van der Waals surface area (Å²) in [6, 6.07) is 5.23. The van der Waals surface area contributed by atoms with E-state index in [4.69, 9.17) is 11.6 Å². The van der Waals surface area contributed by atoms with Crippen LogP contribution in [0.4, 0.5) is 0 Å². The molecule has 21 heavy (non-hydrogen) atoms. The first kappa shape index (κ1) is 14.7. The Morgan fingerprint density at radius 3 is 2.48 bits per heavy atom. The van der Waals surface area contributed by atoms with Gasteiger partial charge in [0.15, 0.2) is 0 Å². The number of hydrogen-bond acceptors (Lipinski definition) is 3. The van der Waals surface area contributed by atoms with Gasteiger partial charge < -0.3 is 10.0 Å². The van der Waals surface area contributed by atoms with Crippen molar-refractivity contribution in [2.45, 2.75) is 31.7 Å². The van der Waals surface area contributed by atoms with E-state index in [1.165, 1.54) is 37.8 Å². The summed E-state index contributed by atoms with van der Waals surface area (Å²) in [5.41, 5.74) is 0.394. The maximum atomic E-state index is 12.5. The minimum atomic E-state index is -0.0815. The molecule has 1 amide bonds. The van der Waals surface area contributed by atoms with Crippen LogP contribution in [-0.2, 0) is 0 Å². The van der Waals surface area contributed by atoms with Crippen molar-refractivity contribution in [1.82, 2.24) is 9.80 Å². The summed E-state index contributed by atoms with van der Waals surface area (Å²) >= 11 is 6.07. The molecule has 1 saturated carbocycles. The van der Waals surface area contributed by atoms with Gasteiger partial charge >= 0.3 is 0 Å². The molecule has 0 unspecified atom stereocenters. The molecule has 0 spiro atoms. The summed E-state index contributed by atoms with van der Waals surface area (Å²) < 4.78 is 0. The standard InChI is InChI=1S/C16H21ClN2O2/c17-15-6-5-13(20)11-14(15)16(21)19-9-7-18(8-10-19)12-3-1-2-4-12/h5-6,11-12,20H,1-4,7-10H2. The van der Waals surface area contributed by atoms with Crippen LogP contribution in [0.25, 0.3) is 0 Å². The number of aromatic hydroxyl groups is 1. The number of benzene rings is 1. The molecule has 0 radical (unpaired) electrons. The van der Waals surface area contributed by atoms with Crippen LogP contribution in [0.5, 0.6) is 5.75 Å². The molecule has 0 bridgehead atoms. The number of carbonyl (C=O) groups excluding carboxylic acids is 1. The van der Waals surface area contributed by atoms with Crippen LogP contribution in [0.15, 0.2) is 18.2 Å². The van der Waals surface area contributed by atoms with Crippen LogP contribution >= 0.6 is 11.6 Å². The summed E-state index contributed by atoms with van der Waals surface area (Å²) in [6.45, 7) is 3.35. The van der Waals surface area contributed by atoms with Crippen molar-refractivity contribution in [3.05, 3.63) is 28.8 Å². The zero-order valence-electron chi connectivity index (χ0n) is 12.1. The maximum absolute atomic E-state index is 12.5. The number of carbonyl (C=O) groups is 1. The van der Waals surface area contributed by atoms with Crippen LogP contribution in [0.2, 0.25) is 5.02 Å². The third-order valence-corrected chi connectivity index (χ3v) is 4.95. The number of phenols is 1. The topological polar surface area (TPSA) is 43.8 Å². The summed E-state index contributed by atoms with van der Waals surface area (Å²) in [7, 11) is 0. The molecule has 2 fully saturated rings. The average Bonchev–Trinajstić information content (AvgIpc) is 3.03. The highest BCUT2D eigenvalue weighted by atomic mass is 35.5. The third-order valence-electron chi connectivity index (χ3n) is 4.62. The van der Waals surface area contributed by atoms with Crippen LogP contribution in [0.1, 0.15) is 36.0 Å². The van der Waals surface area contributed by atoms with Gasteiger partial charge in [-0.05, 0) is 31.0 Å². The summed E-state index contributed by atoms with van der Waals surface area (Å²) in [5.74, 6) is -0.00527. The molecule has 114 valence electrons. The highest BCUT2D eigenvalue weighted by Gasteiger charge is 2.28. The predicted octanol–water partition coefficient (Wildman–Crippen LogP) is 2.75. The van der Waals surface area contributed by atoms with Crippen LogP contribution < -0.4 is 0 Å². The zero-order valence-corrected chi connectivity index (χ0v) is 12.9. The van der Waals surface area contributed by atoms with Crippen molar-refractivity contribution in [3.8, 4) is 5.75 Å². The maximum Gasteiger partial charge on any atom is 0.255 e. The lowest BCUT2D eigenvalue weighted by atomic mass is 10.1. The van der Waals surface area contributed by atoms with E-state index >= 15 is 0 Å². The van der Waals surface area contributed by atoms with Crippen molar-refractivity contribution < 1.29 is 9.90 Å². The van der Waals surface area contributed by atoms with Gasteiger partial charge in [0.1, 0.15) is 5.75 Å². The van der Waals surface area contributed by atoms with Crippen LogP contribution in [-0.4, -0.2) is 53.0 Å². The normalized spacial score (nSPS) is 20.9. The number of phenolic OH excluding ortho intramolecular Hbond substituents is 1. The predicted molar refractivity (Wildman–Crippen MR) is 82.8 cm³/mol. The molecule has 1 heterocycles. The lowest BCUT2D eigenvalue weighted by Gasteiger charge is -2.38. The number of nitrogens with zero attached hydrogens (tertiary/aromatic N) is 2. The quantitative estimate of drug-likeness (QED) is 0.913. The Kier molecular flexibility index (Phi) is 4.36. The summed E-state index contributed by atoms with van der Waals surface area (Å²) in [6.07, 6.45) is 5.27. The molecule has 1 saturated heterocycles. The SMILES string of the molecule is O=C(c1cc(O)ccc1Cl)N1CCN(C2CCCC2)CC1. The largest absolute Gasteiger partial charge is 0.508 e. The van der Waals surface area contributed by atoms with E-state index in [2.05, 4.69) is 4.90 Å². The van der Waals surface area contributed by atoms with Gasteiger partial charge in [-0.25, -0.2) is 0 Å². The van der Waals surface area contributed by atoms with Crippen molar-refractivity contribution in [1.29, 1.82) is 0 Å². The Balaban J connectivity index is 1.63. The smallest absolute Gasteiger partial charge is 0.255 e. The average molecular weight is 309 g/mol. The first-order chi connectivity index (χ1) is 10.1. The van der Waals surface area contributed by atoms with Crippen LogP contribution in [0, 0.1) is 0 Å². The van der Waals surface area contributed by atoms with E-state index in [9.17, 15) is 9.90 Å². The molecular weight excluding hydrogens is 288 g/mol. The molecule has 5 heteroatoms. The van der Waals surface area contributed by atoms with Gasteiger partial charge in [-0.2, -0.15) is 0 Å². The Morgan fingerprint density at radius 2 is 1.81 bits per heavy atom. The van der Waals surface area contributed by atoms with E-state index in [0.717, 1.165) is 26.2 Å². The van der Waals surface area contributed by atoms with Gasteiger partial charge in [-0.15, -0.1) is 0 Å². The monoisotopic (exact) mass is 308 g/mol. The Bertz CT molecular complexity index is 521. The van der Waals surface area contributed by atoms with E-state index in [0.29, 0.717) is 16.6 Å². The lowest BCUT2D eigenvalue weighted by molar-refractivity contribution is 0.0573. The minimum Gasteiger partial charge on any atom is -0.508 e. The summed E-state index contributed by atoms with van der Waals surface area (Å²) in [4.78, 5) is 16.9. The van der Waals surface area contributed by atoms with Gasteiger partial charge in [0.25, 0.3) is 5.91 Å². The third kappa shape index (κ3) is 3.16. The molecule has 2 aliphatic rings. The van der Waals surface area contributed by atoms with E-state index < -0.39 is 0 Å². The van der Waals surface area contributed by atoms with Gasteiger partial charge in [-0.3, -0.25) is 9.69 Å².